The van der Waals surface area contributed by atoms with Crippen LogP contribution in [0.15, 0.2) is 35.1 Å². The predicted molar refractivity (Wildman–Crippen MR) is 83.8 cm³/mol. The van der Waals surface area contributed by atoms with Crippen molar-refractivity contribution in [3.05, 3.63) is 57.4 Å². The Bertz CT molecular complexity index is 706. The van der Waals surface area contributed by atoms with E-state index >= 15 is 0 Å². The molecule has 0 aliphatic rings. The van der Waals surface area contributed by atoms with Crippen LogP contribution in [0.5, 0.6) is 0 Å². The van der Waals surface area contributed by atoms with Crippen molar-refractivity contribution in [3.8, 4) is 11.3 Å². The molecule has 1 aromatic heterocycles. The Morgan fingerprint density at radius 1 is 1.10 bits per heavy atom. The van der Waals surface area contributed by atoms with Crippen LogP contribution in [0.3, 0.4) is 0 Å². The molecule has 0 atom stereocenters. The third-order valence-electron chi connectivity index (χ3n) is 3.66. The number of hydrogen-bond acceptors (Lipinski definition) is 2. The lowest BCUT2D eigenvalue weighted by Crippen LogP contribution is -2.37. The molecule has 0 radical (unpaired) electrons. The third-order valence-corrected chi connectivity index (χ3v) is 3.66. The van der Waals surface area contributed by atoms with Gasteiger partial charge in [-0.05, 0) is 45.4 Å². The van der Waals surface area contributed by atoms with Gasteiger partial charge in [-0.15, -0.1) is 0 Å². The standard InChI is InChI=1S/C17H22N2O/c1-11-6-7-13(12(2)10-11)15-9-8-14(17(3,4)18)16(20)19(15)5/h6-10H,18H2,1-5H3. The molecule has 0 spiro atoms. The van der Waals surface area contributed by atoms with Gasteiger partial charge in [-0.3, -0.25) is 4.79 Å². The Morgan fingerprint density at radius 2 is 1.75 bits per heavy atom. The van der Waals surface area contributed by atoms with E-state index in [4.69, 9.17) is 5.73 Å². The van der Waals surface area contributed by atoms with Crippen LogP contribution in [0.2, 0.25) is 0 Å². The Balaban J connectivity index is 2.66. The molecule has 0 bridgehead atoms. The van der Waals surface area contributed by atoms with Gasteiger partial charge in [0.2, 0.25) is 0 Å². The second-order valence-corrected chi connectivity index (χ2v) is 6.04. The van der Waals surface area contributed by atoms with E-state index in [-0.39, 0.29) is 5.56 Å². The molecule has 2 N–H and O–H groups in total. The molecule has 20 heavy (non-hydrogen) atoms. The summed E-state index contributed by atoms with van der Waals surface area (Å²) in [7, 11) is 1.80. The van der Waals surface area contributed by atoms with Gasteiger partial charge < -0.3 is 10.3 Å². The van der Waals surface area contributed by atoms with Crippen LogP contribution in [-0.4, -0.2) is 4.57 Å². The fourth-order valence-electron chi connectivity index (χ4n) is 2.50. The molecule has 0 fully saturated rings. The number of aryl methyl sites for hydroxylation is 2. The quantitative estimate of drug-likeness (QED) is 0.912. The number of pyridine rings is 1. The van der Waals surface area contributed by atoms with Gasteiger partial charge in [-0.25, -0.2) is 0 Å². The Kier molecular flexibility index (Phi) is 3.57. The summed E-state index contributed by atoms with van der Waals surface area (Å²) < 4.78 is 1.68. The minimum Gasteiger partial charge on any atom is -0.322 e. The van der Waals surface area contributed by atoms with Crippen molar-refractivity contribution >= 4 is 0 Å². The highest BCUT2D eigenvalue weighted by Crippen LogP contribution is 2.24. The smallest absolute Gasteiger partial charge is 0.255 e. The van der Waals surface area contributed by atoms with Crippen LogP contribution in [0.4, 0.5) is 0 Å². The van der Waals surface area contributed by atoms with Gasteiger partial charge in [0.25, 0.3) is 5.56 Å². The molecule has 3 nitrogen and oxygen atoms in total. The van der Waals surface area contributed by atoms with E-state index in [1.807, 2.05) is 26.0 Å². The summed E-state index contributed by atoms with van der Waals surface area (Å²) in [6.07, 6.45) is 0. The van der Waals surface area contributed by atoms with Gasteiger partial charge >= 0.3 is 0 Å². The Hall–Kier alpha value is -1.87. The van der Waals surface area contributed by atoms with Crippen LogP contribution < -0.4 is 11.3 Å². The Morgan fingerprint density at radius 3 is 2.30 bits per heavy atom. The fraction of sp³-hybridized carbons (Fsp3) is 0.353. The van der Waals surface area contributed by atoms with Crippen LogP contribution in [0.1, 0.15) is 30.5 Å². The average molecular weight is 270 g/mol. The molecule has 2 aromatic rings. The Labute approximate surface area is 120 Å². The number of rotatable bonds is 2. The lowest BCUT2D eigenvalue weighted by atomic mass is 9.95. The molecule has 3 heteroatoms. The first kappa shape index (κ1) is 14.5. The molecule has 0 saturated carbocycles. The van der Waals surface area contributed by atoms with E-state index in [0.717, 1.165) is 11.3 Å². The molecular weight excluding hydrogens is 248 g/mol. The first-order valence-electron chi connectivity index (χ1n) is 6.79. The summed E-state index contributed by atoms with van der Waals surface area (Å²) >= 11 is 0. The maximum Gasteiger partial charge on any atom is 0.255 e. The van der Waals surface area contributed by atoms with Gasteiger partial charge in [-0.2, -0.15) is 0 Å². The number of nitrogens with zero attached hydrogens (tertiary/aromatic N) is 1. The molecule has 0 aliphatic heterocycles. The first-order valence-corrected chi connectivity index (χ1v) is 6.79. The lowest BCUT2D eigenvalue weighted by Gasteiger charge is -2.20. The lowest BCUT2D eigenvalue weighted by molar-refractivity contribution is 0.541. The van der Waals surface area contributed by atoms with Crippen LogP contribution in [0, 0.1) is 13.8 Å². The average Bonchev–Trinajstić information content (AvgIpc) is 2.32. The normalized spacial score (nSPS) is 11.7. The second kappa shape index (κ2) is 4.91. The third kappa shape index (κ3) is 2.54. The van der Waals surface area contributed by atoms with Crippen molar-refractivity contribution in [1.29, 1.82) is 0 Å². The van der Waals surface area contributed by atoms with Crippen LogP contribution >= 0.6 is 0 Å². The summed E-state index contributed by atoms with van der Waals surface area (Å²) in [6.45, 7) is 7.82. The van der Waals surface area contributed by atoms with E-state index < -0.39 is 5.54 Å². The highest BCUT2D eigenvalue weighted by Gasteiger charge is 2.20. The predicted octanol–water partition coefficient (Wildman–Crippen LogP) is 2.86. The van der Waals surface area contributed by atoms with Crippen LogP contribution in [-0.2, 0) is 12.6 Å². The van der Waals surface area contributed by atoms with Crippen molar-refractivity contribution in [2.45, 2.75) is 33.2 Å². The topological polar surface area (TPSA) is 48.0 Å². The molecule has 0 amide bonds. The largest absolute Gasteiger partial charge is 0.322 e. The fourth-order valence-corrected chi connectivity index (χ4v) is 2.50. The molecule has 2 rings (SSSR count). The van der Waals surface area contributed by atoms with Crippen molar-refractivity contribution in [1.82, 2.24) is 4.57 Å². The second-order valence-electron chi connectivity index (χ2n) is 6.04. The van der Waals surface area contributed by atoms with Gasteiger partial charge in [0.1, 0.15) is 0 Å². The molecule has 0 saturated heterocycles. The molecular formula is C17H22N2O. The molecule has 1 aromatic carbocycles. The van der Waals surface area contributed by atoms with E-state index in [0.29, 0.717) is 5.56 Å². The maximum atomic E-state index is 12.5. The zero-order chi connectivity index (χ0) is 15.1. The summed E-state index contributed by atoms with van der Waals surface area (Å²) in [5.74, 6) is 0. The van der Waals surface area contributed by atoms with Gasteiger partial charge in [-0.1, -0.05) is 23.8 Å². The minimum absolute atomic E-state index is 0.0324. The first-order chi connectivity index (χ1) is 9.21. The number of hydrogen-bond donors (Lipinski definition) is 1. The van der Waals surface area contributed by atoms with Crippen LogP contribution in [0.25, 0.3) is 11.3 Å². The molecule has 0 aliphatic carbocycles. The highest BCUT2D eigenvalue weighted by molar-refractivity contribution is 5.64. The van der Waals surface area contributed by atoms with E-state index in [1.54, 1.807) is 11.6 Å². The zero-order valence-corrected chi connectivity index (χ0v) is 12.8. The van der Waals surface area contributed by atoms with Crippen molar-refractivity contribution in [3.63, 3.8) is 0 Å². The number of nitrogens with two attached hydrogens (primary N) is 1. The van der Waals surface area contributed by atoms with Gasteiger partial charge in [0.15, 0.2) is 0 Å². The van der Waals surface area contributed by atoms with Crippen molar-refractivity contribution in [2.24, 2.45) is 12.8 Å². The van der Waals surface area contributed by atoms with Crippen molar-refractivity contribution in [2.75, 3.05) is 0 Å². The van der Waals surface area contributed by atoms with E-state index in [9.17, 15) is 4.79 Å². The minimum atomic E-state index is -0.629. The van der Waals surface area contributed by atoms with E-state index in [2.05, 4.69) is 32.0 Å². The summed E-state index contributed by atoms with van der Waals surface area (Å²) in [6, 6.07) is 10.1. The highest BCUT2D eigenvalue weighted by atomic mass is 16.1. The van der Waals surface area contributed by atoms with E-state index in [1.165, 1.54) is 11.1 Å². The molecule has 0 unspecified atom stereocenters. The zero-order valence-electron chi connectivity index (χ0n) is 12.8. The summed E-state index contributed by atoms with van der Waals surface area (Å²) in [5, 5.41) is 0. The number of aromatic nitrogens is 1. The van der Waals surface area contributed by atoms with Gasteiger partial charge in [0.05, 0.1) is 5.69 Å². The summed E-state index contributed by atoms with van der Waals surface area (Å²) in [5.41, 5.74) is 10.4. The number of benzene rings is 1. The molecule has 106 valence electrons. The van der Waals surface area contributed by atoms with Crippen molar-refractivity contribution < 1.29 is 0 Å². The SMILES string of the molecule is Cc1ccc(-c2ccc(C(C)(C)N)c(=O)n2C)c(C)c1. The molecule has 1 heterocycles. The maximum absolute atomic E-state index is 12.5. The monoisotopic (exact) mass is 270 g/mol. The van der Waals surface area contributed by atoms with Gasteiger partial charge in [0, 0.05) is 23.7 Å². The summed E-state index contributed by atoms with van der Waals surface area (Å²) in [4.78, 5) is 12.5.